The molecule has 0 atom stereocenters. The minimum atomic E-state index is 0.491. The standard InChI is InChI=1S/C17H14ClNO2/c18-14-5-1-2-6-15(14)19-10-13-16(21-11-19)8-7-12-4-3-9-20-17(12)13/h1-3,5-9H,4,10-11H2. The molecule has 0 N–H and O–H groups in total. The van der Waals surface area contributed by atoms with Crippen LogP contribution in [0.2, 0.25) is 5.02 Å². The maximum absolute atomic E-state index is 6.29. The molecule has 4 heteroatoms. The number of hydrogen-bond donors (Lipinski definition) is 0. The zero-order chi connectivity index (χ0) is 14.2. The highest BCUT2D eigenvalue weighted by atomic mass is 35.5. The average molecular weight is 300 g/mol. The molecule has 0 unspecified atom stereocenters. The largest absolute Gasteiger partial charge is 0.473 e. The van der Waals surface area contributed by atoms with Gasteiger partial charge >= 0.3 is 0 Å². The first-order valence-electron chi connectivity index (χ1n) is 6.91. The van der Waals surface area contributed by atoms with Gasteiger partial charge in [-0.3, -0.25) is 0 Å². The fourth-order valence-electron chi connectivity index (χ4n) is 2.79. The first kappa shape index (κ1) is 12.6. The molecule has 0 aliphatic carbocycles. The van der Waals surface area contributed by atoms with Gasteiger partial charge in [0.1, 0.15) is 11.5 Å². The number of nitrogens with zero attached hydrogens (tertiary/aromatic N) is 1. The van der Waals surface area contributed by atoms with Crippen molar-refractivity contribution in [2.45, 2.75) is 13.0 Å². The molecule has 0 fully saturated rings. The Kier molecular flexibility index (Phi) is 3.00. The first-order valence-corrected chi connectivity index (χ1v) is 7.29. The fourth-order valence-corrected chi connectivity index (χ4v) is 3.04. The molecule has 2 aromatic rings. The van der Waals surface area contributed by atoms with Crippen LogP contribution >= 0.6 is 11.6 Å². The van der Waals surface area contributed by atoms with Gasteiger partial charge in [-0.2, -0.15) is 0 Å². The van der Waals surface area contributed by atoms with E-state index in [1.54, 1.807) is 6.26 Å². The molecule has 0 amide bonds. The summed E-state index contributed by atoms with van der Waals surface area (Å²) < 4.78 is 11.6. The van der Waals surface area contributed by atoms with Crippen LogP contribution in [0.3, 0.4) is 0 Å². The fraction of sp³-hybridized carbons (Fsp3) is 0.176. The van der Waals surface area contributed by atoms with Crippen LogP contribution in [0.4, 0.5) is 5.69 Å². The number of anilines is 1. The summed E-state index contributed by atoms with van der Waals surface area (Å²) in [5.74, 6) is 1.82. The lowest BCUT2D eigenvalue weighted by molar-refractivity contribution is 0.284. The van der Waals surface area contributed by atoms with E-state index in [1.807, 2.05) is 36.4 Å². The summed E-state index contributed by atoms with van der Waals surface area (Å²) in [7, 11) is 0. The van der Waals surface area contributed by atoms with Gasteiger partial charge in [0.15, 0.2) is 6.73 Å². The third-order valence-electron chi connectivity index (χ3n) is 3.84. The molecule has 2 aliphatic heterocycles. The van der Waals surface area contributed by atoms with E-state index in [9.17, 15) is 0 Å². The van der Waals surface area contributed by atoms with Crippen LogP contribution in [-0.2, 0) is 13.0 Å². The molecule has 0 radical (unpaired) electrons. The predicted octanol–water partition coefficient (Wildman–Crippen LogP) is 4.15. The van der Waals surface area contributed by atoms with Crippen molar-refractivity contribution in [2.75, 3.05) is 11.6 Å². The Balaban J connectivity index is 1.73. The molecule has 0 saturated carbocycles. The Morgan fingerprint density at radius 2 is 2.00 bits per heavy atom. The number of halogens is 1. The number of rotatable bonds is 1. The maximum Gasteiger partial charge on any atom is 0.161 e. The second-order valence-electron chi connectivity index (χ2n) is 5.15. The van der Waals surface area contributed by atoms with E-state index in [4.69, 9.17) is 21.1 Å². The van der Waals surface area contributed by atoms with Gasteiger partial charge in [0, 0.05) is 0 Å². The topological polar surface area (TPSA) is 21.7 Å². The third-order valence-corrected chi connectivity index (χ3v) is 4.16. The molecule has 4 rings (SSSR count). The molecule has 0 aromatic heterocycles. The molecular weight excluding hydrogens is 286 g/mol. The van der Waals surface area contributed by atoms with E-state index in [2.05, 4.69) is 11.0 Å². The third kappa shape index (κ3) is 2.14. The molecule has 3 nitrogen and oxygen atoms in total. The van der Waals surface area contributed by atoms with Crippen molar-refractivity contribution in [2.24, 2.45) is 0 Å². The SMILES string of the molecule is Clc1ccccc1N1COc2ccc3c(c2C1)OC=CC3. The number of benzene rings is 2. The Hall–Kier alpha value is -2.13. The van der Waals surface area contributed by atoms with E-state index >= 15 is 0 Å². The number of fused-ring (bicyclic) bond motifs is 3. The lowest BCUT2D eigenvalue weighted by Gasteiger charge is -2.33. The monoisotopic (exact) mass is 299 g/mol. The number of ether oxygens (including phenoxy) is 2. The summed E-state index contributed by atoms with van der Waals surface area (Å²) in [6.07, 6.45) is 4.66. The van der Waals surface area contributed by atoms with Crippen molar-refractivity contribution in [1.82, 2.24) is 0 Å². The van der Waals surface area contributed by atoms with Gasteiger partial charge in [0.2, 0.25) is 0 Å². The molecule has 0 spiro atoms. The normalized spacial score (nSPS) is 15.8. The molecule has 21 heavy (non-hydrogen) atoms. The first-order chi connectivity index (χ1) is 10.3. The van der Waals surface area contributed by atoms with Crippen molar-refractivity contribution in [3.63, 3.8) is 0 Å². The Morgan fingerprint density at radius 3 is 2.90 bits per heavy atom. The highest BCUT2D eigenvalue weighted by Crippen LogP contribution is 2.40. The zero-order valence-electron chi connectivity index (χ0n) is 11.4. The molecule has 2 aliphatic rings. The van der Waals surface area contributed by atoms with Gasteiger partial charge in [-0.25, -0.2) is 0 Å². The Labute approximate surface area is 128 Å². The lowest BCUT2D eigenvalue weighted by Crippen LogP contribution is -2.32. The van der Waals surface area contributed by atoms with Crippen molar-refractivity contribution in [3.05, 3.63) is 64.9 Å². The summed E-state index contributed by atoms with van der Waals surface area (Å²) in [4.78, 5) is 2.12. The van der Waals surface area contributed by atoms with Crippen LogP contribution in [0.5, 0.6) is 11.5 Å². The smallest absolute Gasteiger partial charge is 0.161 e. The molecular formula is C17H14ClNO2. The molecule has 0 saturated heterocycles. The van der Waals surface area contributed by atoms with Crippen LogP contribution in [-0.4, -0.2) is 6.73 Å². The average Bonchev–Trinajstić information content (AvgIpc) is 2.55. The van der Waals surface area contributed by atoms with Gasteiger partial charge in [0.05, 0.1) is 29.1 Å². The van der Waals surface area contributed by atoms with E-state index in [1.165, 1.54) is 5.56 Å². The minimum absolute atomic E-state index is 0.491. The molecule has 2 heterocycles. The summed E-state index contributed by atoms with van der Waals surface area (Å²) in [6, 6.07) is 11.9. The van der Waals surface area contributed by atoms with Crippen LogP contribution in [0.15, 0.2) is 48.7 Å². The molecule has 2 aromatic carbocycles. The number of allylic oxidation sites excluding steroid dienone is 1. The van der Waals surface area contributed by atoms with E-state index < -0.39 is 0 Å². The summed E-state index contributed by atoms with van der Waals surface area (Å²) >= 11 is 6.29. The summed E-state index contributed by atoms with van der Waals surface area (Å²) in [5.41, 5.74) is 3.26. The van der Waals surface area contributed by atoms with Gasteiger partial charge < -0.3 is 14.4 Å². The second-order valence-corrected chi connectivity index (χ2v) is 5.55. The predicted molar refractivity (Wildman–Crippen MR) is 83.0 cm³/mol. The zero-order valence-corrected chi connectivity index (χ0v) is 12.1. The van der Waals surface area contributed by atoms with E-state index in [0.717, 1.165) is 40.7 Å². The van der Waals surface area contributed by atoms with Gasteiger partial charge in [-0.15, -0.1) is 0 Å². The quantitative estimate of drug-likeness (QED) is 0.790. The molecule has 106 valence electrons. The van der Waals surface area contributed by atoms with Gasteiger partial charge in [-0.05, 0) is 36.3 Å². The summed E-state index contributed by atoms with van der Waals surface area (Å²) in [6.45, 7) is 1.22. The molecule has 0 bridgehead atoms. The Bertz CT molecular complexity index is 727. The van der Waals surface area contributed by atoms with Crippen LogP contribution in [0.25, 0.3) is 0 Å². The van der Waals surface area contributed by atoms with Crippen LogP contribution < -0.4 is 14.4 Å². The Morgan fingerprint density at radius 1 is 1.10 bits per heavy atom. The van der Waals surface area contributed by atoms with E-state index in [-0.39, 0.29) is 0 Å². The van der Waals surface area contributed by atoms with Crippen molar-refractivity contribution in [3.8, 4) is 11.5 Å². The van der Waals surface area contributed by atoms with Crippen molar-refractivity contribution < 1.29 is 9.47 Å². The minimum Gasteiger partial charge on any atom is -0.473 e. The van der Waals surface area contributed by atoms with Crippen LogP contribution in [0.1, 0.15) is 11.1 Å². The second kappa shape index (κ2) is 5.01. The lowest BCUT2D eigenvalue weighted by atomic mass is 10.0. The van der Waals surface area contributed by atoms with Crippen LogP contribution in [0, 0.1) is 0 Å². The number of para-hydroxylation sites is 1. The van der Waals surface area contributed by atoms with Crippen molar-refractivity contribution >= 4 is 17.3 Å². The maximum atomic E-state index is 6.29. The highest BCUT2D eigenvalue weighted by Gasteiger charge is 2.25. The summed E-state index contributed by atoms with van der Waals surface area (Å²) in [5, 5.41) is 0.732. The highest BCUT2D eigenvalue weighted by molar-refractivity contribution is 6.33. The van der Waals surface area contributed by atoms with Crippen molar-refractivity contribution in [1.29, 1.82) is 0 Å². The van der Waals surface area contributed by atoms with E-state index in [0.29, 0.717) is 6.73 Å². The number of hydrogen-bond acceptors (Lipinski definition) is 3. The van der Waals surface area contributed by atoms with Gasteiger partial charge in [-0.1, -0.05) is 29.8 Å². The van der Waals surface area contributed by atoms with Gasteiger partial charge in [0.25, 0.3) is 0 Å².